The molecule has 0 radical (unpaired) electrons. The van der Waals surface area contributed by atoms with E-state index >= 15 is 0 Å². The molecule has 0 aliphatic heterocycles. The Balaban J connectivity index is 1.93. The second-order valence-corrected chi connectivity index (χ2v) is 5.65. The highest BCUT2D eigenvalue weighted by Gasteiger charge is 2.08. The van der Waals surface area contributed by atoms with E-state index in [1.165, 1.54) is 12.1 Å². The average molecular weight is 279 g/mol. The summed E-state index contributed by atoms with van der Waals surface area (Å²) in [6, 6.07) is 6.57. The van der Waals surface area contributed by atoms with E-state index in [9.17, 15) is 4.39 Å². The zero-order valence-corrected chi connectivity index (χ0v) is 12.0. The fourth-order valence-electron chi connectivity index (χ4n) is 1.84. The van der Waals surface area contributed by atoms with Crippen molar-refractivity contribution in [2.45, 2.75) is 26.1 Å². The number of benzene rings is 1. The summed E-state index contributed by atoms with van der Waals surface area (Å²) in [4.78, 5) is 6.64. The Morgan fingerprint density at radius 3 is 2.58 bits per heavy atom. The van der Waals surface area contributed by atoms with E-state index in [2.05, 4.69) is 9.88 Å². The molecular weight excluding hydrogens is 261 g/mol. The Labute approximate surface area is 116 Å². The molecule has 1 atom stereocenters. The molecule has 0 amide bonds. The lowest BCUT2D eigenvalue weighted by atomic mass is 10.2. The van der Waals surface area contributed by atoms with E-state index in [1.807, 2.05) is 19.4 Å². The van der Waals surface area contributed by atoms with Gasteiger partial charge < -0.3 is 5.73 Å². The standard InChI is InChI=1S/C14H18FN3S/c1-10(16)14-17-13(9-19-14)8-18(2)7-11-3-5-12(15)6-4-11/h3-6,9-10H,7-8,16H2,1-2H3. The summed E-state index contributed by atoms with van der Waals surface area (Å²) in [5.74, 6) is -0.201. The third-order valence-corrected chi connectivity index (χ3v) is 3.85. The van der Waals surface area contributed by atoms with Crippen molar-refractivity contribution in [2.24, 2.45) is 5.73 Å². The minimum absolute atomic E-state index is 0.0128. The monoisotopic (exact) mass is 279 g/mol. The first-order chi connectivity index (χ1) is 9.04. The normalized spacial score (nSPS) is 12.9. The third kappa shape index (κ3) is 4.09. The number of nitrogens with two attached hydrogens (primary N) is 1. The third-order valence-electron chi connectivity index (χ3n) is 2.76. The lowest BCUT2D eigenvalue weighted by molar-refractivity contribution is 0.315. The van der Waals surface area contributed by atoms with Crippen LogP contribution in [0.15, 0.2) is 29.6 Å². The van der Waals surface area contributed by atoms with Gasteiger partial charge in [0.2, 0.25) is 0 Å². The first kappa shape index (κ1) is 14.1. The van der Waals surface area contributed by atoms with Gasteiger partial charge in [0.15, 0.2) is 0 Å². The number of rotatable bonds is 5. The van der Waals surface area contributed by atoms with Crippen molar-refractivity contribution >= 4 is 11.3 Å². The number of hydrogen-bond acceptors (Lipinski definition) is 4. The highest BCUT2D eigenvalue weighted by molar-refractivity contribution is 7.09. The van der Waals surface area contributed by atoms with Crippen molar-refractivity contribution in [1.82, 2.24) is 9.88 Å². The summed E-state index contributed by atoms with van der Waals surface area (Å²) in [5.41, 5.74) is 7.91. The molecule has 0 bridgehead atoms. The largest absolute Gasteiger partial charge is 0.322 e. The van der Waals surface area contributed by atoms with Gasteiger partial charge in [0.25, 0.3) is 0 Å². The van der Waals surface area contributed by atoms with Crippen LogP contribution >= 0.6 is 11.3 Å². The highest BCUT2D eigenvalue weighted by atomic mass is 32.1. The molecule has 2 rings (SSSR count). The van der Waals surface area contributed by atoms with Crippen LogP contribution in [0.1, 0.15) is 29.2 Å². The second kappa shape index (κ2) is 6.23. The fraction of sp³-hybridized carbons (Fsp3) is 0.357. The summed E-state index contributed by atoms with van der Waals surface area (Å²) >= 11 is 1.60. The van der Waals surface area contributed by atoms with Crippen molar-refractivity contribution in [3.8, 4) is 0 Å². The molecule has 5 heteroatoms. The van der Waals surface area contributed by atoms with Gasteiger partial charge in [0.05, 0.1) is 11.7 Å². The lowest BCUT2D eigenvalue weighted by Crippen LogP contribution is -2.17. The Kier molecular flexibility index (Phi) is 4.63. The molecule has 1 heterocycles. The van der Waals surface area contributed by atoms with E-state index in [0.29, 0.717) is 0 Å². The SMILES string of the molecule is CC(N)c1nc(CN(C)Cc2ccc(F)cc2)cs1. The molecular formula is C14H18FN3S. The molecule has 1 aromatic carbocycles. The van der Waals surface area contributed by atoms with Crippen molar-refractivity contribution < 1.29 is 4.39 Å². The molecule has 0 fully saturated rings. The minimum Gasteiger partial charge on any atom is -0.322 e. The van der Waals surface area contributed by atoms with Gasteiger partial charge in [-0.25, -0.2) is 9.37 Å². The summed E-state index contributed by atoms with van der Waals surface area (Å²) < 4.78 is 12.8. The summed E-state index contributed by atoms with van der Waals surface area (Å²) in [5, 5.41) is 3.00. The molecule has 2 aromatic rings. The smallest absolute Gasteiger partial charge is 0.123 e. The maximum atomic E-state index is 12.8. The molecule has 2 N–H and O–H groups in total. The molecule has 1 unspecified atom stereocenters. The zero-order chi connectivity index (χ0) is 13.8. The van der Waals surface area contributed by atoms with E-state index in [0.717, 1.165) is 29.4 Å². The molecule has 0 saturated heterocycles. The molecule has 0 saturated carbocycles. The van der Waals surface area contributed by atoms with Crippen LogP contribution in [-0.2, 0) is 13.1 Å². The number of halogens is 1. The van der Waals surface area contributed by atoms with Crippen LogP contribution in [0.4, 0.5) is 4.39 Å². The molecule has 3 nitrogen and oxygen atoms in total. The van der Waals surface area contributed by atoms with Crippen LogP contribution in [0.3, 0.4) is 0 Å². The van der Waals surface area contributed by atoms with Gasteiger partial charge in [-0.1, -0.05) is 12.1 Å². The molecule has 1 aromatic heterocycles. The number of nitrogens with zero attached hydrogens (tertiary/aromatic N) is 2. The topological polar surface area (TPSA) is 42.1 Å². The molecule has 0 spiro atoms. The van der Waals surface area contributed by atoms with Crippen molar-refractivity contribution in [1.29, 1.82) is 0 Å². The number of thiazole rings is 1. The maximum Gasteiger partial charge on any atom is 0.123 e. The molecule has 102 valence electrons. The summed E-state index contributed by atoms with van der Waals surface area (Å²) in [7, 11) is 2.02. The van der Waals surface area contributed by atoms with E-state index in [4.69, 9.17) is 5.73 Å². The van der Waals surface area contributed by atoms with E-state index < -0.39 is 0 Å². The van der Waals surface area contributed by atoms with E-state index in [-0.39, 0.29) is 11.9 Å². The second-order valence-electron chi connectivity index (χ2n) is 4.76. The van der Waals surface area contributed by atoms with E-state index in [1.54, 1.807) is 23.5 Å². The van der Waals surface area contributed by atoms with Gasteiger partial charge in [-0.3, -0.25) is 4.90 Å². The molecule has 0 aliphatic carbocycles. The Bertz CT molecular complexity index is 522. The number of aromatic nitrogens is 1. The van der Waals surface area contributed by atoms with Crippen molar-refractivity contribution in [3.05, 3.63) is 51.7 Å². The van der Waals surface area contributed by atoms with Crippen LogP contribution < -0.4 is 5.73 Å². The zero-order valence-electron chi connectivity index (χ0n) is 11.1. The first-order valence-corrected chi connectivity index (χ1v) is 7.05. The van der Waals surface area contributed by atoms with Crippen LogP contribution in [0, 0.1) is 5.82 Å². The van der Waals surface area contributed by atoms with Crippen LogP contribution in [-0.4, -0.2) is 16.9 Å². The lowest BCUT2D eigenvalue weighted by Gasteiger charge is -2.15. The highest BCUT2D eigenvalue weighted by Crippen LogP contribution is 2.17. The Morgan fingerprint density at radius 1 is 1.32 bits per heavy atom. The van der Waals surface area contributed by atoms with Crippen LogP contribution in [0.25, 0.3) is 0 Å². The Morgan fingerprint density at radius 2 is 2.00 bits per heavy atom. The van der Waals surface area contributed by atoms with Gasteiger partial charge in [0.1, 0.15) is 10.8 Å². The van der Waals surface area contributed by atoms with Gasteiger partial charge in [-0.2, -0.15) is 0 Å². The van der Waals surface area contributed by atoms with Gasteiger partial charge in [-0.15, -0.1) is 11.3 Å². The van der Waals surface area contributed by atoms with Gasteiger partial charge >= 0.3 is 0 Å². The molecule has 0 aliphatic rings. The predicted octanol–water partition coefficient (Wildman–Crippen LogP) is 2.93. The van der Waals surface area contributed by atoms with Gasteiger partial charge in [-0.05, 0) is 31.7 Å². The maximum absolute atomic E-state index is 12.8. The predicted molar refractivity (Wildman–Crippen MR) is 76.3 cm³/mol. The first-order valence-electron chi connectivity index (χ1n) is 6.17. The van der Waals surface area contributed by atoms with Crippen LogP contribution in [0.5, 0.6) is 0 Å². The van der Waals surface area contributed by atoms with Crippen molar-refractivity contribution in [2.75, 3.05) is 7.05 Å². The average Bonchev–Trinajstić information content (AvgIpc) is 2.80. The Hall–Kier alpha value is -1.30. The van der Waals surface area contributed by atoms with Crippen LogP contribution in [0.2, 0.25) is 0 Å². The molecule has 19 heavy (non-hydrogen) atoms. The van der Waals surface area contributed by atoms with Gasteiger partial charge in [0, 0.05) is 18.5 Å². The fourth-order valence-corrected chi connectivity index (χ4v) is 2.61. The van der Waals surface area contributed by atoms with Crippen molar-refractivity contribution in [3.63, 3.8) is 0 Å². The summed E-state index contributed by atoms with van der Waals surface area (Å²) in [6.45, 7) is 3.47. The quantitative estimate of drug-likeness (QED) is 0.915. The summed E-state index contributed by atoms with van der Waals surface area (Å²) in [6.07, 6.45) is 0. The minimum atomic E-state index is -0.201. The number of hydrogen-bond donors (Lipinski definition) is 1.